The Balaban J connectivity index is 2.11. The fourth-order valence-corrected chi connectivity index (χ4v) is 2.52. The first kappa shape index (κ1) is 17.8. The summed E-state index contributed by atoms with van der Waals surface area (Å²) < 4.78 is 15.5. The first-order valence-corrected chi connectivity index (χ1v) is 10.5. The predicted molar refractivity (Wildman–Crippen MR) is 89.6 cm³/mol. The molecule has 0 saturated heterocycles. The van der Waals surface area contributed by atoms with Gasteiger partial charge in [0.2, 0.25) is 0 Å². The van der Waals surface area contributed by atoms with Gasteiger partial charge in [-0.25, -0.2) is 4.79 Å². The molecule has 0 bridgehead atoms. The Hall–Kier alpha value is -0.230. The van der Waals surface area contributed by atoms with Crippen molar-refractivity contribution in [3.63, 3.8) is 0 Å². The van der Waals surface area contributed by atoms with Gasteiger partial charge in [0.25, 0.3) is 0 Å². The molecule has 0 aliphatic rings. The molecule has 112 valence electrons. The summed E-state index contributed by atoms with van der Waals surface area (Å²) in [6.45, 7) is 2.73. The van der Waals surface area contributed by atoms with E-state index in [1.54, 1.807) is 12.1 Å². The monoisotopic (exact) mass is 410 g/mol. The number of unbranched alkanes of at least 4 members (excludes halogenated alkanes) is 2. The summed E-state index contributed by atoms with van der Waals surface area (Å²) in [7, 11) is 1.38. The van der Waals surface area contributed by atoms with E-state index in [1.165, 1.54) is 7.11 Å². The van der Waals surface area contributed by atoms with Gasteiger partial charge in [0.15, 0.2) is 0 Å². The van der Waals surface area contributed by atoms with Gasteiger partial charge in [-0.3, -0.25) is 0 Å². The summed E-state index contributed by atoms with van der Waals surface area (Å²) in [5.41, 5.74) is 1.62. The second kappa shape index (κ2) is 11.4. The number of carbonyl (C=O) groups excluding carboxylic acids is 1. The van der Waals surface area contributed by atoms with E-state index in [2.05, 4.69) is 26.8 Å². The predicted octanol–water partition coefficient (Wildman–Crippen LogP) is 4.12. The van der Waals surface area contributed by atoms with Crippen molar-refractivity contribution in [2.24, 2.45) is 0 Å². The molecule has 1 rings (SSSR count). The van der Waals surface area contributed by atoms with Crippen LogP contribution < -0.4 is 0 Å². The van der Waals surface area contributed by atoms with Gasteiger partial charge in [-0.2, -0.15) is 0 Å². The van der Waals surface area contributed by atoms with Crippen molar-refractivity contribution in [2.75, 3.05) is 20.3 Å². The lowest BCUT2D eigenvalue weighted by Crippen LogP contribution is -2.01. The van der Waals surface area contributed by atoms with Crippen molar-refractivity contribution >= 4 is 34.5 Å². The van der Waals surface area contributed by atoms with Gasteiger partial charge in [-0.05, 0) is 59.0 Å². The Morgan fingerprint density at radius 1 is 1.15 bits per heavy atom. The number of ether oxygens (including phenoxy) is 2. The fourth-order valence-electron chi connectivity index (χ4n) is 1.64. The van der Waals surface area contributed by atoms with Gasteiger partial charge in [0.05, 0.1) is 32.3 Å². The van der Waals surface area contributed by atoms with E-state index in [1.807, 2.05) is 12.1 Å². The fraction of sp³-hybridized carbons (Fsp3) is 0.500. The molecule has 0 amide bonds. The summed E-state index contributed by atoms with van der Waals surface area (Å²) in [5.74, 6) is -0.313. The molecule has 0 radical (unpaired) electrons. The molecule has 1 aromatic rings. The highest BCUT2D eigenvalue weighted by Gasteiger charge is 2.04. The molecule has 0 N–H and O–H groups in total. The van der Waals surface area contributed by atoms with Crippen LogP contribution in [0.5, 0.6) is 0 Å². The highest BCUT2D eigenvalue weighted by Crippen LogP contribution is 2.21. The molecular formula is C14H20IO4P. The summed E-state index contributed by atoms with van der Waals surface area (Å²) in [6.07, 6.45) is 3.27. The van der Waals surface area contributed by atoms with E-state index in [0.29, 0.717) is 18.6 Å². The van der Waals surface area contributed by atoms with Crippen LogP contribution in [0.3, 0.4) is 0 Å². The Morgan fingerprint density at radius 3 is 2.50 bits per heavy atom. The highest BCUT2D eigenvalue weighted by molar-refractivity contribution is 14.2. The maximum atomic E-state index is 11.3. The van der Waals surface area contributed by atoms with Crippen molar-refractivity contribution in [3.05, 3.63) is 35.4 Å². The van der Waals surface area contributed by atoms with E-state index in [0.717, 1.165) is 38.0 Å². The maximum absolute atomic E-state index is 11.3. The van der Waals surface area contributed by atoms with Crippen LogP contribution in [0.15, 0.2) is 24.3 Å². The SMILES string of the molecule is COC(=O)c1ccc(COCCCCCOPI)cc1. The number of carbonyl (C=O) groups is 1. The molecule has 1 aromatic carbocycles. The molecule has 0 fully saturated rings. The van der Waals surface area contributed by atoms with Crippen LogP contribution in [0, 0.1) is 0 Å². The van der Waals surface area contributed by atoms with Crippen LogP contribution in [-0.2, 0) is 20.6 Å². The topological polar surface area (TPSA) is 44.8 Å². The molecule has 20 heavy (non-hydrogen) atoms. The highest BCUT2D eigenvalue weighted by atomic mass is 127. The average molecular weight is 410 g/mol. The molecule has 0 aliphatic carbocycles. The Bertz CT molecular complexity index is 383. The van der Waals surface area contributed by atoms with Gasteiger partial charge in [-0.15, -0.1) is 0 Å². The minimum Gasteiger partial charge on any atom is -0.465 e. The van der Waals surface area contributed by atoms with E-state index in [9.17, 15) is 4.79 Å². The average Bonchev–Trinajstić information content (AvgIpc) is 2.50. The van der Waals surface area contributed by atoms with Gasteiger partial charge in [0.1, 0.15) is 0 Å². The van der Waals surface area contributed by atoms with Crippen molar-refractivity contribution < 1.29 is 18.8 Å². The van der Waals surface area contributed by atoms with E-state index >= 15 is 0 Å². The molecule has 0 spiro atoms. The molecule has 4 nitrogen and oxygen atoms in total. The molecule has 0 aliphatic heterocycles. The summed E-state index contributed by atoms with van der Waals surface area (Å²) >= 11 is 2.23. The number of benzene rings is 1. The van der Waals surface area contributed by atoms with Crippen LogP contribution in [0.2, 0.25) is 0 Å². The molecule has 1 atom stereocenters. The summed E-state index contributed by atoms with van der Waals surface area (Å²) in [6, 6.07) is 7.29. The van der Waals surface area contributed by atoms with E-state index in [-0.39, 0.29) is 5.97 Å². The molecule has 0 heterocycles. The molecular weight excluding hydrogens is 390 g/mol. The maximum Gasteiger partial charge on any atom is 0.337 e. The minimum absolute atomic E-state index is 0.313. The largest absolute Gasteiger partial charge is 0.465 e. The standard InChI is InChI=1S/C14H20IO4P/c1-17-14(16)13-7-5-12(6-8-13)11-18-9-3-2-4-10-19-20-15/h5-8,20H,2-4,9-11H2,1H3. The van der Waals surface area contributed by atoms with E-state index < -0.39 is 0 Å². The van der Waals surface area contributed by atoms with Crippen LogP contribution in [0.25, 0.3) is 0 Å². The Kier molecular flexibility index (Phi) is 10.2. The van der Waals surface area contributed by atoms with E-state index in [4.69, 9.17) is 9.26 Å². The number of esters is 1. The Morgan fingerprint density at radius 2 is 1.85 bits per heavy atom. The minimum atomic E-state index is -0.313. The van der Waals surface area contributed by atoms with Crippen LogP contribution in [-0.4, -0.2) is 26.3 Å². The quantitative estimate of drug-likeness (QED) is 0.252. The zero-order valence-electron chi connectivity index (χ0n) is 11.6. The zero-order valence-corrected chi connectivity index (χ0v) is 14.7. The first-order chi connectivity index (χ1) is 9.77. The summed E-state index contributed by atoms with van der Waals surface area (Å²) in [4.78, 5) is 11.3. The number of halogens is 1. The smallest absolute Gasteiger partial charge is 0.337 e. The lowest BCUT2D eigenvalue weighted by atomic mass is 10.1. The molecule has 0 saturated carbocycles. The third-order valence-corrected chi connectivity index (χ3v) is 3.98. The van der Waals surface area contributed by atoms with Crippen LogP contribution in [0.4, 0.5) is 0 Å². The van der Waals surface area contributed by atoms with Crippen LogP contribution in [0.1, 0.15) is 35.2 Å². The molecule has 6 heteroatoms. The zero-order chi connectivity index (χ0) is 14.6. The van der Waals surface area contributed by atoms with Gasteiger partial charge in [-0.1, -0.05) is 12.1 Å². The number of hydrogen-bond acceptors (Lipinski definition) is 4. The number of rotatable bonds is 10. The van der Waals surface area contributed by atoms with Crippen molar-refractivity contribution in [1.82, 2.24) is 0 Å². The van der Waals surface area contributed by atoms with Crippen molar-refractivity contribution in [3.8, 4) is 0 Å². The van der Waals surface area contributed by atoms with Gasteiger partial charge >= 0.3 is 5.97 Å². The van der Waals surface area contributed by atoms with Crippen molar-refractivity contribution in [2.45, 2.75) is 25.9 Å². The van der Waals surface area contributed by atoms with Crippen molar-refractivity contribution in [1.29, 1.82) is 0 Å². The third-order valence-electron chi connectivity index (χ3n) is 2.73. The second-order valence-corrected chi connectivity index (χ2v) is 5.99. The van der Waals surface area contributed by atoms with Gasteiger partial charge < -0.3 is 14.0 Å². The Labute approximate surface area is 134 Å². The van der Waals surface area contributed by atoms with Crippen LogP contribution >= 0.6 is 28.5 Å². The number of hydrogen-bond donors (Lipinski definition) is 0. The third kappa shape index (κ3) is 7.53. The second-order valence-electron chi connectivity index (χ2n) is 4.23. The lowest BCUT2D eigenvalue weighted by Gasteiger charge is -2.05. The molecule has 1 unspecified atom stereocenters. The first-order valence-electron chi connectivity index (χ1n) is 6.50. The number of methoxy groups -OCH3 is 1. The summed E-state index contributed by atoms with van der Waals surface area (Å²) in [5, 5.41) is 0. The van der Waals surface area contributed by atoms with Gasteiger partial charge in [0, 0.05) is 6.61 Å². The molecule has 0 aromatic heterocycles. The lowest BCUT2D eigenvalue weighted by molar-refractivity contribution is 0.0600. The normalized spacial score (nSPS) is 11.1.